The van der Waals surface area contributed by atoms with E-state index in [2.05, 4.69) is 9.62 Å². The molecule has 1 aromatic carbocycles. The highest BCUT2D eigenvalue weighted by Crippen LogP contribution is 2.43. The van der Waals surface area contributed by atoms with Crippen LogP contribution in [0, 0.1) is 5.82 Å². The van der Waals surface area contributed by atoms with Crippen LogP contribution in [0.15, 0.2) is 12.1 Å². The van der Waals surface area contributed by atoms with E-state index in [1.165, 1.54) is 11.9 Å². The topological polar surface area (TPSA) is 41.6 Å². The maximum Gasteiger partial charge on any atom is 0.264 e. The third-order valence-corrected chi connectivity index (χ3v) is 5.94. The van der Waals surface area contributed by atoms with Gasteiger partial charge >= 0.3 is 0 Å². The molecule has 1 N–H and O–H groups in total. The van der Waals surface area contributed by atoms with Gasteiger partial charge in [0, 0.05) is 24.9 Å². The Morgan fingerprint density at radius 1 is 1.25 bits per heavy atom. The SMILES string of the molecule is O=C(NSC1CC1)c1cc(C2CC2)c(CN2CCOCC2)cc1F. The standard InChI is InChI=1S/C18H23FN2O2S/c19-17-9-13(11-21-5-7-23-8-6-21)15(12-1-2-12)10-16(17)18(22)20-24-14-3-4-14/h9-10,12,14H,1-8,11H2,(H,20,22). The first-order chi connectivity index (χ1) is 11.7. The van der Waals surface area contributed by atoms with Gasteiger partial charge in [-0.25, -0.2) is 4.39 Å². The van der Waals surface area contributed by atoms with Crippen molar-refractivity contribution in [3.8, 4) is 0 Å². The van der Waals surface area contributed by atoms with E-state index < -0.39 is 5.82 Å². The van der Waals surface area contributed by atoms with Crippen LogP contribution < -0.4 is 4.72 Å². The molecule has 0 spiro atoms. The second-order valence-corrected chi connectivity index (χ2v) is 8.05. The van der Waals surface area contributed by atoms with Crippen molar-refractivity contribution in [1.29, 1.82) is 0 Å². The Morgan fingerprint density at radius 3 is 2.67 bits per heavy atom. The molecule has 24 heavy (non-hydrogen) atoms. The van der Waals surface area contributed by atoms with Gasteiger partial charge in [-0.2, -0.15) is 0 Å². The van der Waals surface area contributed by atoms with Crippen molar-refractivity contribution < 1.29 is 13.9 Å². The number of nitrogens with zero attached hydrogens (tertiary/aromatic N) is 1. The summed E-state index contributed by atoms with van der Waals surface area (Å²) in [4.78, 5) is 14.6. The second-order valence-electron chi connectivity index (χ2n) is 6.94. The summed E-state index contributed by atoms with van der Waals surface area (Å²) in [5, 5.41) is 0.514. The zero-order chi connectivity index (χ0) is 16.5. The van der Waals surface area contributed by atoms with Gasteiger partial charge in [0.1, 0.15) is 5.82 Å². The van der Waals surface area contributed by atoms with Crippen LogP contribution in [0.3, 0.4) is 0 Å². The van der Waals surface area contributed by atoms with Gasteiger partial charge in [0.05, 0.1) is 18.8 Å². The van der Waals surface area contributed by atoms with Crippen LogP contribution in [0.5, 0.6) is 0 Å². The Labute approximate surface area is 146 Å². The monoisotopic (exact) mass is 350 g/mol. The van der Waals surface area contributed by atoms with Crippen molar-refractivity contribution in [3.63, 3.8) is 0 Å². The average molecular weight is 350 g/mol. The summed E-state index contributed by atoms with van der Waals surface area (Å²) < 4.78 is 22.7. The van der Waals surface area contributed by atoms with Crippen molar-refractivity contribution in [2.75, 3.05) is 26.3 Å². The summed E-state index contributed by atoms with van der Waals surface area (Å²) in [6.07, 6.45) is 4.55. The minimum atomic E-state index is -0.406. The molecular weight excluding hydrogens is 327 g/mol. The normalized spacial score (nSPS) is 21.7. The lowest BCUT2D eigenvalue weighted by Gasteiger charge is -2.27. The molecule has 0 bridgehead atoms. The lowest BCUT2D eigenvalue weighted by atomic mass is 9.98. The van der Waals surface area contributed by atoms with Gasteiger partial charge in [0.2, 0.25) is 0 Å². The van der Waals surface area contributed by atoms with Crippen LogP contribution in [-0.4, -0.2) is 42.4 Å². The molecule has 1 saturated heterocycles. The maximum absolute atomic E-state index is 14.5. The first kappa shape index (κ1) is 16.4. The molecule has 4 rings (SSSR count). The van der Waals surface area contributed by atoms with E-state index >= 15 is 0 Å². The Kier molecular flexibility index (Phi) is 4.79. The molecule has 1 heterocycles. The number of halogens is 1. The van der Waals surface area contributed by atoms with Gasteiger partial charge in [-0.3, -0.25) is 14.4 Å². The van der Waals surface area contributed by atoms with Gasteiger partial charge in [0.15, 0.2) is 0 Å². The molecule has 0 radical (unpaired) electrons. The van der Waals surface area contributed by atoms with Crippen LogP contribution in [-0.2, 0) is 11.3 Å². The Morgan fingerprint density at radius 2 is 2.00 bits per heavy atom. The van der Waals surface area contributed by atoms with Gasteiger partial charge < -0.3 is 4.74 Å². The number of ether oxygens (including phenoxy) is 1. The molecular formula is C18H23FN2O2S. The summed E-state index contributed by atoms with van der Waals surface area (Å²) in [5.41, 5.74) is 2.38. The summed E-state index contributed by atoms with van der Waals surface area (Å²) >= 11 is 1.43. The van der Waals surface area contributed by atoms with E-state index in [9.17, 15) is 9.18 Å². The van der Waals surface area contributed by atoms with Crippen LogP contribution >= 0.6 is 11.9 Å². The minimum Gasteiger partial charge on any atom is -0.379 e. The zero-order valence-electron chi connectivity index (χ0n) is 13.7. The van der Waals surface area contributed by atoms with Crippen LogP contribution in [0.4, 0.5) is 4.39 Å². The molecule has 0 aromatic heterocycles. The second kappa shape index (κ2) is 7.02. The van der Waals surface area contributed by atoms with Crippen molar-refractivity contribution in [2.24, 2.45) is 0 Å². The van der Waals surface area contributed by atoms with Gasteiger partial charge in [-0.05, 0) is 66.8 Å². The number of morpholine rings is 1. The largest absolute Gasteiger partial charge is 0.379 e. The van der Waals surface area contributed by atoms with Crippen molar-refractivity contribution in [1.82, 2.24) is 9.62 Å². The predicted octanol–water partition coefficient (Wildman–Crippen LogP) is 3.08. The fourth-order valence-electron chi connectivity index (χ4n) is 3.09. The molecule has 2 saturated carbocycles. The Bertz CT molecular complexity index is 626. The number of nitrogens with one attached hydrogen (secondary N) is 1. The van der Waals surface area contributed by atoms with Crippen molar-refractivity contribution in [3.05, 3.63) is 34.6 Å². The molecule has 3 aliphatic rings. The maximum atomic E-state index is 14.5. The van der Waals surface area contributed by atoms with E-state index in [-0.39, 0.29) is 11.5 Å². The van der Waals surface area contributed by atoms with E-state index in [1.54, 1.807) is 12.1 Å². The third kappa shape index (κ3) is 3.92. The predicted molar refractivity (Wildman–Crippen MR) is 92.6 cm³/mol. The molecule has 4 nitrogen and oxygen atoms in total. The summed E-state index contributed by atoms with van der Waals surface area (Å²) in [7, 11) is 0. The molecule has 1 aliphatic heterocycles. The first-order valence-electron chi connectivity index (χ1n) is 8.79. The van der Waals surface area contributed by atoms with E-state index in [4.69, 9.17) is 4.74 Å². The number of carbonyl (C=O) groups excluding carboxylic acids is 1. The highest BCUT2D eigenvalue weighted by atomic mass is 32.2. The van der Waals surface area contributed by atoms with E-state index in [0.29, 0.717) is 11.2 Å². The molecule has 1 aromatic rings. The number of carbonyl (C=O) groups is 1. The smallest absolute Gasteiger partial charge is 0.264 e. The lowest BCUT2D eigenvalue weighted by Crippen LogP contribution is -2.36. The summed E-state index contributed by atoms with van der Waals surface area (Å²) in [6.45, 7) is 3.98. The Hall–Kier alpha value is -1.11. The number of amides is 1. The molecule has 0 unspecified atom stereocenters. The molecule has 1 amide bonds. The van der Waals surface area contributed by atoms with Gasteiger partial charge in [-0.1, -0.05) is 0 Å². The van der Waals surface area contributed by atoms with Crippen LogP contribution in [0.2, 0.25) is 0 Å². The van der Waals surface area contributed by atoms with Crippen molar-refractivity contribution in [2.45, 2.75) is 43.4 Å². The summed E-state index contributed by atoms with van der Waals surface area (Å²) in [6, 6.07) is 3.38. The number of rotatable bonds is 6. The third-order valence-electron chi connectivity index (χ3n) is 4.83. The quantitative estimate of drug-likeness (QED) is 0.801. The average Bonchev–Trinajstić information content (AvgIpc) is 3.47. The first-order valence-corrected chi connectivity index (χ1v) is 9.67. The highest BCUT2D eigenvalue weighted by Gasteiger charge is 2.30. The molecule has 3 fully saturated rings. The number of hydrogen-bond donors (Lipinski definition) is 1. The number of benzene rings is 1. The highest BCUT2D eigenvalue weighted by molar-refractivity contribution is 7.98. The number of hydrogen-bond acceptors (Lipinski definition) is 4. The fraction of sp³-hybridized carbons (Fsp3) is 0.611. The minimum absolute atomic E-state index is 0.191. The Balaban J connectivity index is 1.52. The zero-order valence-corrected chi connectivity index (χ0v) is 14.5. The molecule has 130 valence electrons. The van der Waals surface area contributed by atoms with E-state index in [1.807, 2.05) is 0 Å². The molecule has 0 atom stereocenters. The van der Waals surface area contributed by atoms with E-state index in [0.717, 1.165) is 69.7 Å². The molecule has 6 heteroatoms. The molecule has 2 aliphatic carbocycles. The van der Waals surface area contributed by atoms with Crippen LogP contribution in [0.1, 0.15) is 53.1 Å². The van der Waals surface area contributed by atoms with Gasteiger partial charge in [-0.15, -0.1) is 0 Å². The van der Waals surface area contributed by atoms with Crippen LogP contribution in [0.25, 0.3) is 0 Å². The fourth-order valence-corrected chi connectivity index (χ4v) is 3.85. The van der Waals surface area contributed by atoms with Crippen molar-refractivity contribution >= 4 is 17.9 Å². The summed E-state index contributed by atoms with van der Waals surface area (Å²) in [5.74, 6) is -0.218. The van der Waals surface area contributed by atoms with Gasteiger partial charge in [0.25, 0.3) is 5.91 Å². The lowest BCUT2D eigenvalue weighted by molar-refractivity contribution is 0.0340.